The SMILES string of the molecule is Cc1ccc(CC(=O)N2CCN(c3ccc(-c4noc(C5CC5)n4)cc3)CC2)cc1. The Labute approximate surface area is 176 Å². The first-order valence-corrected chi connectivity index (χ1v) is 10.7. The number of nitrogens with zero attached hydrogens (tertiary/aromatic N) is 4. The molecule has 0 atom stereocenters. The van der Waals surface area contributed by atoms with Gasteiger partial charge in [0.1, 0.15) is 0 Å². The van der Waals surface area contributed by atoms with Crippen LogP contribution in [-0.2, 0) is 11.2 Å². The summed E-state index contributed by atoms with van der Waals surface area (Å²) in [5.41, 5.74) is 4.43. The Kier molecular flexibility index (Phi) is 4.99. The molecule has 2 fully saturated rings. The molecule has 0 N–H and O–H groups in total. The highest BCUT2D eigenvalue weighted by Crippen LogP contribution is 2.39. The highest BCUT2D eigenvalue weighted by atomic mass is 16.5. The number of aryl methyl sites for hydroxylation is 1. The summed E-state index contributed by atoms with van der Waals surface area (Å²) in [6, 6.07) is 16.5. The van der Waals surface area contributed by atoms with Crippen LogP contribution in [0.2, 0.25) is 0 Å². The first kappa shape index (κ1) is 18.9. The predicted molar refractivity (Wildman–Crippen MR) is 115 cm³/mol. The molecule has 0 spiro atoms. The van der Waals surface area contributed by atoms with Crippen LogP contribution in [0.15, 0.2) is 53.1 Å². The van der Waals surface area contributed by atoms with Gasteiger partial charge in [-0.25, -0.2) is 0 Å². The zero-order valence-electron chi connectivity index (χ0n) is 17.3. The highest BCUT2D eigenvalue weighted by Gasteiger charge is 2.29. The van der Waals surface area contributed by atoms with E-state index in [9.17, 15) is 4.79 Å². The molecule has 3 aromatic rings. The average Bonchev–Trinajstić information content (AvgIpc) is 3.52. The van der Waals surface area contributed by atoms with E-state index in [1.807, 2.05) is 29.2 Å². The molecule has 0 bridgehead atoms. The van der Waals surface area contributed by atoms with Crippen molar-refractivity contribution in [2.75, 3.05) is 31.1 Å². The fraction of sp³-hybridized carbons (Fsp3) is 0.375. The molecule has 6 heteroatoms. The average molecular weight is 402 g/mol. The number of hydrogen-bond acceptors (Lipinski definition) is 5. The number of carbonyl (C=O) groups is 1. The molecule has 5 rings (SSSR count). The summed E-state index contributed by atoms with van der Waals surface area (Å²) in [4.78, 5) is 21.5. The fourth-order valence-corrected chi connectivity index (χ4v) is 3.88. The molecule has 30 heavy (non-hydrogen) atoms. The minimum absolute atomic E-state index is 0.206. The van der Waals surface area contributed by atoms with Crippen molar-refractivity contribution in [3.05, 3.63) is 65.5 Å². The monoisotopic (exact) mass is 402 g/mol. The number of rotatable bonds is 5. The van der Waals surface area contributed by atoms with Crippen LogP contribution < -0.4 is 4.90 Å². The zero-order chi connectivity index (χ0) is 20.5. The maximum atomic E-state index is 12.6. The van der Waals surface area contributed by atoms with Crippen molar-refractivity contribution in [2.45, 2.75) is 32.1 Å². The Bertz CT molecular complexity index is 1010. The summed E-state index contributed by atoms with van der Waals surface area (Å²) >= 11 is 0. The smallest absolute Gasteiger partial charge is 0.230 e. The molecule has 1 aromatic heterocycles. The first-order valence-electron chi connectivity index (χ1n) is 10.7. The number of carbonyl (C=O) groups excluding carboxylic acids is 1. The summed E-state index contributed by atoms with van der Waals surface area (Å²) in [6.45, 7) is 5.25. The highest BCUT2D eigenvalue weighted by molar-refractivity contribution is 5.79. The lowest BCUT2D eigenvalue weighted by molar-refractivity contribution is -0.130. The second-order valence-corrected chi connectivity index (χ2v) is 8.31. The Balaban J connectivity index is 1.17. The lowest BCUT2D eigenvalue weighted by Gasteiger charge is -2.36. The molecule has 1 aliphatic heterocycles. The van der Waals surface area contributed by atoms with E-state index < -0.39 is 0 Å². The van der Waals surface area contributed by atoms with Crippen LogP contribution in [0.5, 0.6) is 0 Å². The molecule has 1 saturated heterocycles. The number of piperazine rings is 1. The summed E-state index contributed by atoms with van der Waals surface area (Å²) in [7, 11) is 0. The van der Waals surface area contributed by atoms with Crippen LogP contribution in [0.4, 0.5) is 5.69 Å². The van der Waals surface area contributed by atoms with Gasteiger partial charge in [-0.3, -0.25) is 4.79 Å². The topological polar surface area (TPSA) is 62.5 Å². The van der Waals surface area contributed by atoms with Crippen LogP contribution in [0.25, 0.3) is 11.4 Å². The lowest BCUT2D eigenvalue weighted by Crippen LogP contribution is -2.49. The quantitative estimate of drug-likeness (QED) is 0.649. The molecule has 0 radical (unpaired) electrons. The Morgan fingerprint density at radius 3 is 2.37 bits per heavy atom. The van der Waals surface area contributed by atoms with Gasteiger partial charge in [0, 0.05) is 43.3 Å². The van der Waals surface area contributed by atoms with E-state index in [4.69, 9.17) is 4.52 Å². The number of anilines is 1. The van der Waals surface area contributed by atoms with Gasteiger partial charge in [0.05, 0.1) is 6.42 Å². The lowest BCUT2D eigenvalue weighted by atomic mass is 10.1. The number of aromatic nitrogens is 2. The molecule has 2 heterocycles. The van der Waals surface area contributed by atoms with E-state index in [-0.39, 0.29) is 5.91 Å². The molecular formula is C24H26N4O2. The molecule has 1 saturated carbocycles. The van der Waals surface area contributed by atoms with Crippen molar-refractivity contribution in [2.24, 2.45) is 0 Å². The Morgan fingerprint density at radius 2 is 1.70 bits per heavy atom. The molecule has 154 valence electrons. The van der Waals surface area contributed by atoms with Crippen molar-refractivity contribution >= 4 is 11.6 Å². The number of hydrogen-bond donors (Lipinski definition) is 0. The van der Waals surface area contributed by atoms with Gasteiger partial charge in [-0.15, -0.1) is 0 Å². The third-order valence-electron chi connectivity index (χ3n) is 5.97. The van der Waals surface area contributed by atoms with E-state index in [2.05, 4.69) is 46.2 Å². The maximum absolute atomic E-state index is 12.6. The summed E-state index contributed by atoms with van der Waals surface area (Å²) in [5, 5.41) is 4.11. The van der Waals surface area contributed by atoms with Crippen LogP contribution in [0.1, 0.15) is 35.8 Å². The normalized spacial score (nSPS) is 16.7. The molecule has 1 aliphatic carbocycles. The van der Waals surface area contributed by atoms with Crippen LogP contribution in [0.3, 0.4) is 0 Å². The molecule has 2 aliphatic rings. The van der Waals surface area contributed by atoms with Crippen molar-refractivity contribution in [3.63, 3.8) is 0 Å². The van der Waals surface area contributed by atoms with Gasteiger partial charge >= 0.3 is 0 Å². The minimum Gasteiger partial charge on any atom is -0.368 e. The van der Waals surface area contributed by atoms with Crippen LogP contribution in [0, 0.1) is 6.92 Å². The van der Waals surface area contributed by atoms with Crippen LogP contribution in [-0.4, -0.2) is 47.1 Å². The standard InChI is InChI=1S/C24H26N4O2/c1-17-2-4-18(5-3-17)16-22(29)28-14-12-27(13-15-28)21-10-8-19(9-11-21)23-25-24(30-26-23)20-6-7-20/h2-5,8-11,20H,6-7,12-16H2,1H3. The van der Waals surface area contributed by atoms with E-state index in [1.54, 1.807) is 0 Å². The van der Waals surface area contributed by atoms with Crippen LogP contribution >= 0.6 is 0 Å². The minimum atomic E-state index is 0.206. The zero-order valence-corrected chi connectivity index (χ0v) is 17.3. The second-order valence-electron chi connectivity index (χ2n) is 8.31. The molecular weight excluding hydrogens is 376 g/mol. The summed E-state index contributed by atoms with van der Waals surface area (Å²) in [5.74, 6) is 2.10. The summed E-state index contributed by atoms with van der Waals surface area (Å²) in [6.07, 6.45) is 2.78. The number of amides is 1. The Hall–Kier alpha value is -3.15. The second kappa shape index (κ2) is 7.94. The van der Waals surface area contributed by atoms with Gasteiger partial charge in [-0.1, -0.05) is 35.0 Å². The van der Waals surface area contributed by atoms with Crippen molar-refractivity contribution in [1.29, 1.82) is 0 Å². The van der Waals surface area contributed by atoms with Gasteiger partial charge in [-0.2, -0.15) is 4.98 Å². The molecule has 1 amide bonds. The van der Waals surface area contributed by atoms with Crippen molar-refractivity contribution in [3.8, 4) is 11.4 Å². The van der Waals surface area contributed by atoms with E-state index >= 15 is 0 Å². The van der Waals surface area contributed by atoms with Gasteiger partial charge in [0.25, 0.3) is 0 Å². The van der Waals surface area contributed by atoms with Gasteiger partial charge < -0.3 is 14.3 Å². The number of benzene rings is 2. The van der Waals surface area contributed by atoms with E-state index in [1.165, 1.54) is 5.56 Å². The van der Waals surface area contributed by atoms with Gasteiger partial charge in [0.2, 0.25) is 17.6 Å². The summed E-state index contributed by atoms with van der Waals surface area (Å²) < 4.78 is 5.36. The van der Waals surface area contributed by atoms with Crippen molar-refractivity contribution < 1.29 is 9.32 Å². The fourth-order valence-electron chi connectivity index (χ4n) is 3.88. The van der Waals surface area contributed by atoms with E-state index in [0.29, 0.717) is 18.2 Å². The van der Waals surface area contributed by atoms with Crippen molar-refractivity contribution in [1.82, 2.24) is 15.0 Å². The van der Waals surface area contributed by atoms with Gasteiger partial charge in [-0.05, 0) is 49.6 Å². The van der Waals surface area contributed by atoms with Gasteiger partial charge in [0.15, 0.2) is 0 Å². The van der Waals surface area contributed by atoms with E-state index in [0.717, 1.165) is 61.7 Å². The largest absolute Gasteiger partial charge is 0.368 e. The Morgan fingerprint density at radius 1 is 1.00 bits per heavy atom. The third-order valence-corrected chi connectivity index (χ3v) is 5.97. The predicted octanol–water partition coefficient (Wildman–Crippen LogP) is 3.81. The third kappa shape index (κ3) is 4.08. The molecule has 2 aromatic carbocycles. The molecule has 6 nitrogen and oxygen atoms in total. The first-order chi connectivity index (χ1) is 14.7. The maximum Gasteiger partial charge on any atom is 0.230 e. The molecule has 0 unspecified atom stereocenters.